The summed E-state index contributed by atoms with van der Waals surface area (Å²) in [6.07, 6.45) is 3.86. The van der Waals surface area contributed by atoms with Crippen molar-refractivity contribution in [3.8, 4) is 22.8 Å². The summed E-state index contributed by atoms with van der Waals surface area (Å²) in [5.41, 5.74) is 3.13. The highest BCUT2D eigenvalue weighted by atomic mass is 19.1. The summed E-state index contributed by atoms with van der Waals surface area (Å²) in [4.78, 5) is 20.6. The maximum Gasteiger partial charge on any atom is 0.303 e. The molecule has 0 spiro atoms. The summed E-state index contributed by atoms with van der Waals surface area (Å²) in [5, 5.41) is 9.29. The van der Waals surface area contributed by atoms with Crippen LogP contribution in [0.3, 0.4) is 0 Å². The molecule has 0 radical (unpaired) electrons. The van der Waals surface area contributed by atoms with E-state index in [0.29, 0.717) is 40.1 Å². The van der Waals surface area contributed by atoms with Gasteiger partial charge in [0, 0.05) is 5.56 Å². The molecule has 1 aliphatic rings. The molecule has 0 unspecified atom stereocenters. The van der Waals surface area contributed by atoms with Crippen molar-refractivity contribution < 1.29 is 23.8 Å². The third-order valence-electron chi connectivity index (χ3n) is 6.08. The lowest BCUT2D eigenvalue weighted by Gasteiger charge is -2.16. The van der Waals surface area contributed by atoms with E-state index in [4.69, 9.17) is 14.5 Å². The highest BCUT2D eigenvalue weighted by molar-refractivity contribution is 5.68. The molecule has 7 heteroatoms. The number of methoxy groups -OCH3 is 1. The molecule has 1 fully saturated rings. The Labute approximate surface area is 198 Å². The van der Waals surface area contributed by atoms with Crippen molar-refractivity contribution in [2.45, 2.75) is 51.6 Å². The van der Waals surface area contributed by atoms with Gasteiger partial charge in [-0.2, -0.15) is 0 Å². The normalized spacial score (nSPS) is 14.1. The highest BCUT2D eigenvalue weighted by Crippen LogP contribution is 2.45. The van der Waals surface area contributed by atoms with Crippen LogP contribution in [0.5, 0.6) is 11.5 Å². The molecule has 34 heavy (non-hydrogen) atoms. The van der Waals surface area contributed by atoms with Gasteiger partial charge < -0.3 is 14.6 Å². The summed E-state index contributed by atoms with van der Waals surface area (Å²) in [7, 11) is 1.54. The lowest BCUT2D eigenvalue weighted by molar-refractivity contribution is -0.137. The molecule has 1 atom stereocenters. The third kappa shape index (κ3) is 5.53. The van der Waals surface area contributed by atoms with Gasteiger partial charge in [0.15, 0.2) is 0 Å². The molecule has 4 rings (SSSR count). The number of halogens is 1. The zero-order valence-electron chi connectivity index (χ0n) is 19.6. The van der Waals surface area contributed by atoms with Gasteiger partial charge in [0.2, 0.25) is 0 Å². The minimum absolute atomic E-state index is 0.00503. The lowest BCUT2D eigenvalue weighted by Crippen LogP contribution is -2.09. The molecule has 1 heterocycles. The van der Waals surface area contributed by atoms with Crippen LogP contribution in [0.25, 0.3) is 11.3 Å². The number of rotatable bonds is 10. The number of aromatic nitrogens is 2. The monoisotopic (exact) mass is 464 g/mol. The predicted octanol–water partition coefficient (Wildman–Crippen LogP) is 5.96. The Morgan fingerprint density at radius 3 is 2.65 bits per heavy atom. The molecule has 2 aromatic carbocycles. The molecule has 0 amide bonds. The van der Waals surface area contributed by atoms with Gasteiger partial charge in [-0.15, -0.1) is 0 Å². The summed E-state index contributed by atoms with van der Waals surface area (Å²) in [5.74, 6) is 0.487. The fourth-order valence-corrected chi connectivity index (χ4v) is 4.17. The van der Waals surface area contributed by atoms with Gasteiger partial charge in [0.05, 0.1) is 36.8 Å². The van der Waals surface area contributed by atoms with Crippen LogP contribution in [0.15, 0.2) is 48.7 Å². The van der Waals surface area contributed by atoms with Crippen LogP contribution < -0.4 is 9.47 Å². The number of aliphatic carboxylic acids is 1. The molecule has 1 aromatic heterocycles. The van der Waals surface area contributed by atoms with Crippen molar-refractivity contribution >= 4 is 5.97 Å². The summed E-state index contributed by atoms with van der Waals surface area (Å²) >= 11 is 0. The molecule has 1 aliphatic carbocycles. The van der Waals surface area contributed by atoms with Crippen molar-refractivity contribution in [2.24, 2.45) is 5.92 Å². The van der Waals surface area contributed by atoms with Gasteiger partial charge in [0.1, 0.15) is 23.9 Å². The Kier molecular flexibility index (Phi) is 7.10. The second-order valence-electron chi connectivity index (χ2n) is 9.00. The van der Waals surface area contributed by atoms with E-state index in [1.165, 1.54) is 13.2 Å². The van der Waals surface area contributed by atoms with Gasteiger partial charge >= 0.3 is 5.97 Å². The van der Waals surface area contributed by atoms with Crippen LogP contribution in [-0.4, -0.2) is 28.2 Å². The van der Waals surface area contributed by atoms with Gasteiger partial charge in [0.25, 0.3) is 0 Å². The first-order valence-electron chi connectivity index (χ1n) is 11.5. The smallest absolute Gasteiger partial charge is 0.303 e. The molecule has 6 nitrogen and oxygen atoms in total. The second kappa shape index (κ2) is 10.2. The van der Waals surface area contributed by atoms with E-state index in [0.717, 1.165) is 18.4 Å². The lowest BCUT2D eigenvalue weighted by atomic mass is 9.91. The molecule has 1 saturated carbocycles. The largest absolute Gasteiger partial charge is 0.497 e. The molecule has 0 aliphatic heterocycles. The Hall–Kier alpha value is -3.48. The van der Waals surface area contributed by atoms with E-state index < -0.39 is 5.97 Å². The first-order chi connectivity index (χ1) is 16.4. The first kappa shape index (κ1) is 23.7. The number of hydrogen-bond donors (Lipinski definition) is 1. The predicted molar refractivity (Wildman–Crippen MR) is 127 cm³/mol. The number of benzene rings is 2. The third-order valence-corrected chi connectivity index (χ3v) is 6.08. The summed E-state index contributed by atoms with van der Waals surface area (Å²) < 4.78 is 25.8. The Balaban J connectivity index is 1.54. The molecular formula is C27H29FN2O4. The second-order valence-corrected chi connectivity index (χ2v) is 9.00. The summed E-state index contributed by atoms with van der Waals surface area (Å²) in [6.45, 7) is 4.17. The number of carboxylic acids is 1. The fraction of sp³-hybridized carbons (Fsp3) is 0.370. The maximum absolute atomic E-state index is 14.6. The van der Waals surface area contributed by atoms with Crippen LogP contribution >= 0.6 is 0 Å². The molecule has 178 valence electrons. The zero-order valence-corrected chi connectivity index (χ0v) is 19.6. The van der Waals surface area contributed by atoms with Crippen molar-refractivity contribution in [3.05, 3.63) is 71.4 Å². The molecule has 3 aromatic rings. The molecular weight excluding hydrogens is 435 g/mol. The van der Waals surface area contributed by atoms with E-state index in [1.807, 2.05) is 38.1 Å². The van der Waals surface area contributed by atoms with E-state index in [9.17, 15) is 14.3 Å². The van der Waals surface area contributed by atoms with E-state index in [-0.39, 0.29) is 30.7 Å². The zero-order chi connectivity index (χ0) is 24.2. The fourth-order valence-electron chi connectivity index (χ4n) is 4.17. The minimum Gasteiger partial charge on any atom is -0.497 e. The number of nitrogens with zero attached hydrogens (tertiary/aromatic N) is 2. The van der Waals surface area contributed by atoms with Crippen LogP contribution in [-0.2, 0) is 11.4 Å². The van der Waals surface area contributed by atoms with Gasteiger partial charge in [-0.25, -0.2) is 4.39 Å². The SMILES string of the molecule is COc1ccc(F)c(-c2ncc(COc3cccc([C@@H](CC(=O)O)C4CC4)c3)nc2C(C)C)c1. The first-order valence-corrected chi connectivity index (χ1v) is 11.5. The Morgan fingerprint density at radius 1 is 1.18 bits per heavy atom. The highest BCUT2D eigenvalue weighted by Gasteiger charge is 2.33. The topological polar surface area (TPSA) is 81.5 Å². The van der Waals surface area contributed by atoms with Gasteiger partial charge in [-0.1, -0.05) is 26.0 Å². The molecule has 1 N–H and O–H groups in total. The Bertz CT molecular complexity index is 1180. The van der Waals surface area contributed by atoms with E-state index >= 15 is 0 Å². The standard InChI is InChI=1S/C27H29FN2O4/c1-16(2)26-27(23-12-20(33-3)9-10-24(23)28)29-14-19(30-26)15-34-21-6-4-5-18(11-21)22(13-25(31)32)17-7-8-17/h4-6,9-12,14,16-17,22H,7-8,13,15H2,1-3H3,(H,31,32)/t22-/m0/s1. The minimum atomic E-state index is -0.785. The van der Waals surface area contributed by atoms with E-state index in [2.05, 4.69) is 4.98 Å². The number of hydrogen-bond acceptors (Lipinski definition) is 5. The van der Waals surface area contributed by atoms with E-state index in [1.54, 1.807) is 18.3 Å². The number of carboxylic acid groups (broad SMARTS) is 1. The quantitative estimate of drug-likeness (QED) is 0.399. The van der Waals surface area contributed by atoms with Crippen molar-refractivity contribution in [3.63, 3.8) is 0 Å². The van der Waals surface area contributed by atoms with Gasteiger partial charge in [-0.3, -0.25) is 14.8 Å². The number of carbonyl (C=O) groups is 1. The van der Waals surface area contributed by atoms with Crippen molar-refractivity contribution in [2.75, 3.05) is 7.11 Å². The molecule has 0 bridgehead atoms. The van der Waals surface area contributed by atoms with Crippen LogP contribution in [0.2, 0.25) is 0 Å². The summed E-state index contributed by atoms with van der Waals surface area (Å²) in [6, 6.07) is 12.2. The Morgan fingerprint density at radius 2 is 1.97 bits per heavy atom. The van der Waals surface area contributed by atoms with Crippen molar-refractivity contribution in [1.29, 1.82) is 0 Å². The van der Waals surface area contributed by atoms with Gasteiger partial charge in [-0.05, 0) is 66.5 Å². The van der Waals surface area contributed by atoms with Crippen molar-refractivity contribution in [1.82, 2.24) is 9.97 Å². The molecule has 0 saturated heterocycles. The average molecular weight is 465 g/mol. The maximum atomic E-state index is 14.6. The number of ether oxygens (including phenoxy) is 2. The van der Waals surface area contributed by atoms with Crippen LogP contribution in [0.1, 0.15) is 61.9 Å². The van der Waals surface area contributed by atoms with Crippen LogP contribution in [0, 0.1) is 11.7 Å². The average Bonchev–Trinajstić information content (AvgIpc) is 3.67. The van der Waals surface area contributed by atoms with Crippen LogP contribution in [0.4, 0.5) is 4.39 Å².